The van der Waals surface area contributed by atoms with E-state index in [0.29, 0.717) is 15.6 Å². The molecule has 2 heterocycles. The van der Waals surface area contributed by atoms with E-state index >= 15 is 0 Å². The van der Waals surface area contributed by atoms with Crippen LogP contribution in [-0.4, -0.2) is 10.5 Å². The lowest BCUT2D eigenvalue weighted by Gasteiger charge is -2.11. The van der Waals surface area contributed by atoms with Crippen LogP contribution < -0.4 is 5.32 Å². The minimum atomic E-state index is -0.146. The van der Waals surface area contributed by atoms with E-state index in [1.54, 1.807) is 6.07 Å². The Bertz CT molecular complexity index is 1130. The van der Waals surface area contributed by atoms with Gasteiger partial charge in [-0.3, -0.25) is 4.79 Å². The molecular formula is C23H19ClN2OS. The highest BCUT2D eigenvalue weighted by atomic mass is 35.5. The zero-order valence-electron chi connectivity index (χ0n) is 15.6. The molecule has 4 aromatic rings. The lowest BCUT2D eigenvalue weighted by Crippen LogP contribution is -2.13. The van der Waals surface area contributed by atoms with Gasteiger partial charge < -0.3 is 9.88 Å². The molecule has 3 nitrogen and oxygen atoms in total. The quantitative estimate of drug-likeness (QED) is 0.400. The van der Waals surface area contributed by atoms with Gasteiger partial charge in [-0.15, -0.1) is 11.3 Å². The molecule has 0 unspecified atom stereocenters. The van der Waals surface area contributed by atoms with Gasteiger partial charge in [0.05, 0.1) is 5.69 Å². The summed E-state index contributed by atoms with van der Waals surface area (Å²) in [6.07, 6.45) is 3.92. The lowest BCUT2D eigenvalue weighted by atomic mass is 10.0. The third kappa shape index (κ3) is 3.61. The summed E-state index contributed by atoms with van der Waals surface area (Å²) in [5, 5.41) is 5.65. The number of carbonyl (C=O) groups excluding carboxylic acids is 1. The number of amides is 1. The molecule has 140 valence electrons. The number of aromatic nitrogens is 1. The van der Waals surface area contributed by atoms with Gasteiger partial charge in [0, 0.05) is 34.0 Å². The predicted molar refractivity (Wildman–Crippen MR) is 118 cm³/mol. The topological polar surface area (TPSA) is 34.0 Å². The van der Waals surface area contributed by atoms with Crippen LogP contribution in [0, 0.1) is 13.8 Å². The summed E-state index contributed by atoms with van der Waals surface area (Å²) in [7, 11) is 0. The summed E-state index contributed by atoms with van der Waals surface area (Å²) in [4.78, 5) is 13.7. The minimum Gasteiger partial charge on any atom is -0.322 e. The normalized spacial score (nSPS) is 10.8. The largest absolute Gasteiger partial charge is 0.322 e. The highest BCUT2D eigenvalue weighted by molar-refractivity contribution is 7.13. The molecule has 28 heavy (non-hydrogen) atoms. The van der Waals surface area contributed by atoms with Crippen LogP contribution in [0.1, 0.15) is 20.8 Å². The van der Waals surface area contributed by atoms with Crippen LogP contribution in [0.2, 0.25) is 5.02 Å². The molecule has 0 saturated heterocycles. The summed E-state index contributed by atoms with van der Waals surface area (Å²) in [5.74, 6) is -0.146. The fraction of sp³-hybridized carbons (Fsp3) is 0.0870. The summed E-state index contributed by atoms with van der Waals surface area (Å²) in [6, 6.07) is 17.8. The Morgan fingerprint density at radius 2 is 1.75 bits per heavy atom. The molecule has 0 aliphatic rings. The number of halogens is 1. The van der Waals surface area contributed by atoms with E-state index in [1.165, 1.54) is 16.9 Å². The number of nitrogens with zero attached hydrogens (tertiary/aromatic N) is 1. The number of hydrogen-bond donors (Lipinski definition) is 1. The van der Waals surface area contributed by atoms with Crippen molar-refractivity contribution < 1.29 is 4.79 Å². The van der Waals surface area contributed by atoms with Crippen molar-refractivity contribution in [1.82, 2.24) is 4.57 Å². The van der Waals surface area contributed by atoms with Gasteiger partial charge in [0.1, 0.15) is 4.88 Å². The van der Waals surface area contributed by atoms with Crippen LogP contribution in [0.3, 0.4) is 0 Å². The number of thiophene rings is 1. The number of carbonyl (C=O) groups is 1. The monoisotopic (exact) mass is 406 g/mol. The lowest BCUT2D eigenvalue weighted by molar-refractivity contribution is 0.103. The van der Waals surface area contributed by atoms with E-state index < -0.39 is 0 Å². The molecule has 2 aromatic carbocycles. The van der Waals surface area contributed by atoms with Crippen molar-refractivity contribution >= 4 is 34.5 Å². The zero-order chi connectivity index (χ0) is 19.7. The first kappa shape index (κ1) is 18.5. The maximum Gasteiger partial charge on any atom is 0.267 e. The Morgan fingerprint density at radius 1 is 1.04 bits per heavy atom. The Morgan fingerprint density at radius 3 is 2.43 bits per heavy atom. The maximum atomic E-state index is 13.1. The van der Waals surface area contributed by atoms with Crippen molar-refractivity contribution in [3.05, 3.63) is 93.4 Å². The Kier molecular flexibility index (Phi) is 5.07. The van der Waals surface area contributed by atoms with Crippen LogP contribution in [0.25, 0.3) is 16.8 Å². The first-order chi connectivity index (χ1) is 13.5. The van der Waals surface area contributed by atoms with Crippen LogP contribution in [0.4, 0.5) is 5.69 Å². The van der Waals surface area contributed by atoms with Crippen molar-refractivity contribution in [2.75, 3.05) is 5.32 Å². The van der Waals surface area contributed by atoms with Crippen molar-refractivity contribution in [2.45, 2.75) is 13.8 Å². The summed E-state index contributed by atoms with van der Waals surface area (Å²) in [5.41, 5.74) is 5.87. The zero-order valence-corrected chi connectivity index (χ0v) is 17.1. The SMILES string of the molecule is Cc1ccc(-c2csc(C(=O)Nc3ccc(C)c(Cl)c3)c2-n2cccc2)cc1. The third-order valence-electron chi connectivity index (χ3n) is 4.63. The predicted octanol–water partition coefficient (Wildman–Crippen LogP) is 6.73. The first-order valence-electron chi connectivity index (χ1n) is 8.92. The summed E-state index contributed by atoms with van der Waals surface area (Å²) >= 11 is 7.64. The van der Waals surface area contributed by atoms with Crippen LogP contribution in [0.5, 0.6) is 0 Å². The smallest absolute Gasteiger partial charge is 0.267 e. The van der Waals surface area contributed by atoms with Gasteiger partial charge in [-0.25, -0.2) is 0 Å². The molecule has 4 rings (SSSR count). The van der Waals surface area contributed by atoms with E-state index in [4.69, 9.17) is 11.6 Å². The average Bonchev–Trinajstić information content (AvgIpc) is 3.34. The fourth-order valence-corrected chi connectivity index (χ4v) is 4.20. The van der Waals surface area contributed by atoms with Gasteiger partial charge in [0.15, 0.2) is 0 Å². The van der Waals surface area contributed by atoms with Gasteiger partial charge in [0.25, 0.3) is 5.91 Å². The second kappa shape index (κ2) is 7.66. The van der Waals surface area contributed by atoms with Gasteiger partial charge >= 0.3 is 0 Å². The maximum absolute atomic E-state index is 13.1. The van der Waals surface area contributed by atoms with E-state index in [-0.39, 0.29) is 5.91 Å². The highest BCUT2D eigenvalue weighted by Crippen LogP contribution is 2.35. The molecule has 0 saturated carbocycles. The number of aryl methyl sites for hydroxylation is 2. The minimum absolute atomic E-state index is 0.146. The number of nitrogens with one attached hydrogen (secondary N) is 1. The van der Waals surface area contributed by atoms with Gasteiger partial charge in [-0.2, -0.15) is 0 Å². The molecule has 0 bridgehead atoms. The van der Waals surface area contributed by atoms with E-state index in [2.05, 4.69) is 36.5 Å². The van der Waals surface area contributed by atoms with E-state index in [9.17, 15) is 4.79 Å². The molecule has 0 aliphatic heterocycles. The van der Waals surface area contributed by atoms with Crippen LogP contribution in [0.15, 0.2) is 72.4 Å². The number of hydrogen-bond acceptors (Lipinski definition) is 2. The fourth-order valence-electron chi connectivity index (χ4n) is 3.05. The van der Waals surface area contributed by atoms with E-state index in [1.807, 2.05) is 53.5 Å². The third-order valence-corrected chi connectivity index (χ3v) is 6.00. The Hall–Kier alpha value is -2.82. The molecule has 0 aliphatic carbocycles. The molecular weight excluding hydrogens is 388 g/mol. The van der Waals surface area contributed by atoms with Gasteiger partial charge in [-0.05, 0) is 49.2 Å². The Labute approximate surface area is 173 Å². The molecule has 0 fully saturated rings. The molecule has 2 aromatic heterocycles. The summed E-state index contributed by atoms with van der Waals surface area (Å²) in [6.45, 7) is 4.00. The average molecular weight is 407 g/mol. The van der Waals surface area contributed by atoms with Gasteiger partial charge in [-0.1, -0.05) is 47.5 Å². The number of benzene rings is 2. The molecule has 5 heteroatoms. The van der Waals surface area contributed by atoms with Gasteiger partial charge in [0.2, 0.25) is 0 Å². The molecule has 1 amide bonds. The summed E-state index contributed by atoms with van der Waals surface area (Å²) < 4.78 is 1.99. The number of rotatable bonds is 4. The molecule has 1 N–H and O–H groups in total. The second-order valence-electron chi connectivity index (χ2n) is 6.70. The van der Waals surface area contributed by atoms with Crippen LogP contribution in [-0.2, 0) is 0 Å². The highest BCUT2D eigenvalue weighted by Gasteiger charge is 2.20. The van der Waals surface area contributed by atoms with Crippen molar-refractivity contribution in [2.24, 2.45) is 0 Å². The van der Waals surface area contributed by atoms with Crippen LogP contribution >= 0.6 is 22.9 Å². The first-order valence-corrected chi connectivity index (χ1v) is 10.2. The molecule has 0 spiro atoms. The van der Waals surface area contributed by atoms with Crippen molar-refractivity contribution in [1.29, 1.82) is 0 Å². The number of anilines is 1. The molecule has 0 atom stereocenters. The van der Waals surface area contributed by atoms with Crippen molar-refractivity contribution in [3.8, 4) is 16.8 Å². The standard InChI is InChI=1S/C23H19ClN2OS/c1-15-5-8-17(9-6-15)19-14-28-22(21(19)26-11-3-4-12-26)23(27)25-18-10-7-16(2)20(24)13-18/h3-14H,1-2H3,(H,25,27). The molecule has 0 radical (unpaired) electrons. The van der Waals surface area contributed by atoms with Crippen molar-refractivity contribution in [3.63, 3.8) is 0 Å². The second-order valence-corrected chi connectivity index (χ2v) is 7.99. The Balaban J connectivity index is 1.75. The van der Waals surface area contributed by atoms with E-state index in [0.717, 1.165) is 22.4 Å².